The molecule has 0 spiro atoms. The molecule has 1 aromatic carbocycles. The molecule has 0 unspecified atom stereocenters. The van der Waals surface area contributed by atoms with Crippen LogP contribution in [0.5, 0.6) is 0 Å². The Morgan fingerprint density at radius 3 is 2.35 bits per heavy atom. The zero-order valence-electron chi connectivity index (χ0n) is 10.9. The second-order valence-corrected chi connectivity index (χ2v) is 6.47. The average Bonchev–Trinajstić information content (AvgIpc) is 2.77. The van der Waals surface area contributed by atoms with Crippen molar-refractivity contribution in [3.05, 3.63) is 34.4 Å². The SMILES string of the molecule is Cc1ccc(C)c(C([O-])=PC2CCCC2)c1C. The largest absolute Gasteiger partial charge is 0.824 e. The minimum atomic E-state index is 0.329. The Morgan fingerprint density at radius 1 is 1.12 bits per heavy atom. The van der Waals surface area contributed by atoms with Crippen LogP contribution >= 0.6 is 8.20 Å². The molecule has 0 saturated heterocycles. The standard InChI is InChI=1S/C15H21OP/c1-10-8-9-11(2)14(12(10)3)15(16)17-13-6-4-5-7-13/h8-9,13,16H,4-7H2,1-3H3/p-1. The van der Waals surface area contributed by atoms with Crippen LogP contribution in [0.15, 0.2) is 12.1 Å². The topological polar surface area (TPSA) is 23.1 Å². The minimum Gasteiger partial charge on any atom is -0.824 e. The van der Waals surface area contributed by atoms with Crippen LogP contribution in [-0.4, -0.2) is 11.1 Å². The Bertz CT molecular complexity index is 442. The van der Waals surface area contributed by atoms with Crippen molar-refractivity contribution in [1.82, 2.24) is 0 Å². The lowest BCUT2D eigenvalue weighted by Crippen LogP contribution is -2.20. The molecule has 92 valence electrons. The van der Waals surface area contributed by atoms with Gasteiger partial charge in [0.05, 0.1) is 0 Å². The van der Waals surface area contributed by atoms with Gasteiger partial charge in [-0.1, -0.05) is 25.0 Å². The molecule has 0 aliphatic heterocycles. The van der Waals surface area contributed by atoms with E-state index in [0.29, 0.717) is 11.1 Å². The Labute approximate surface area is 106 Å². The highest BCUT2D eigenvalue weighted by Crippen LogP contribution is 2.31. The van der Waals surface area contributed by atoms with Gasteiger partial charge in [-0.25, -0.2) is 0 Å². The third kappa shape index (κ3) is 2.78. The lowest BCUT2D eigenvalue weighted by Gasteiger charge is -2.20. The summed E-state index contributed by atoms with van der Waals surface area (Å²) in [6.07, 6.45) is 5.07. The van der Waals surface area contributed by atoms with Crippen molar-refractivity contribution in [2.24, 2.45) is 0 Å². The smallest absolute Gasteiger partial charge is 0.0000723 e. The maximum absolute atomic E-state index is 12.4. The van der Waals surface area contributed by atoms with E-state index >= 15 is 0 Å². The number of hydrogen-bond donors (Lipinski definition) is 0. The Morgan fingerprint density at radius 2 is 1.71 bits per heavy atom. The van der Waals surface area contributed by atoms with Gasteiger partial charge in [-0.05, 0) is 61.5 Å². The first-order chi connectivity index (χ1) is 8.09. The molecule has 0 atom stereocenters. The quantitative estimate of drug-likeness (QED) is 0.735. The Hall–Kier alpha value is -0.650. The first-order valence-electron chi connectivity index (χ1n) is 6.41. The molecule has 1 aliphatic carbocycles. The molecule has 2 rings (SSSR count). The van der Waals surface area contributed by atoms with E-state index in [9.17, 15) is 5.11 Å². The van der Waals surface area contributed by atoms with Gasteiger partial charge in [-0.3, -0.25) is 0 Å². The van der Waals surface area contributed by atoms with Gasteiger partial charge < -0.3 is 5.11 Å². The summed E-state index contributed by atoms with van der Waals surface area (Å²) in [5.74, 6) is 0. The molecule has 1 fully saturated rings. The molecule has 0 aromatic heterocycles. The summed E-state index contributed by atoms with van der Waals surface area (Å²) in [6.45, 7) is 6.20. The van der Waals surface area contributed by atoms with E-state index < -0.39 is 0 Å². The molecular formula is C15H20OP-. The highest BCUT2D eigenvalue weighted by atomic mass is 31.1. The molecule has 1 aliphatic rings. The molecule has 1 aromatic rings. The van der Waals surface area contributed by atoms with Gasteiger partial charge in [0.15, 0.2) is 0 Å². The number of aryl methyl sites for hydroxylation is 2. The average molecular weight is 247 g/mol. The van der Waals surface area contributed by atoms with Gasteiger partial charge in [-0.2, -0.15) is 0 Å². The third-order valence-electron chi connectivity index (χ3n) is 3.78. The van der Waals surface area contributed by atoms with Crippen molar-refractivity contribution in [1.29, 1.82) is 0 Å². The third-order valence-corrected chi connectivity index (χ3v) is 5.12. The van der Waals surface area contributed by atoms with Crippen LogP contribution < -0.4 is 5.11 Å². The van der Waals surface area contributed by atoms with Crippen molar-refractivity contribution in [3.63, 3.8) is 0 Å². The van der Waals surface area contributed by atoms with Crippen LogP contribution in [0.2, 0.25) is 0 Å². The van der Waals surface area contributed by atoms with Crippen molar-refractivity contribution >= 4 is 13.7 Å². The van der Waals surface area contributed by atoms with E-state index in [1.165, 1.54) is 36.8 Å². The van der Waals surface area contributed by atoms with Crippen LogP contribution in [0.1, 0.15) is 47.9 Å². The first-order valence-corrected chi connectivity index (χ1v) is 7.38. The number of benzene rings is 1. The summed E-state index contributed by atoms with van der Waals surface area (Å²) >= 11 is 0. The van der Waals surface area contributed by atoms with E-state index in [2.05, 4.69) is 26.0 Å². The maximum Gasteiger partial charge on any atom is -0.0000723 e. The monoisotopic (exact) mass is 247 g/mol. The van der Waals surface area contributed by atoms with Crippen LogP contribution in [0, 0.1) is 20.8 Å². The Balaban J connectivity index is 2.35. The van der Waals surface area contributed by atoms with E-state index in [1.807, 2.05) is 6.92 Å². The highest BCUT2D eigenvalue weighted by molar-refractivity contribution is 7.41. The number of hydrogen-bond acceptors (Lipinski definition) is 1. The van der Waals surface area contributed by atoms with E-state index in [0.717, 1.165) is 19.3 Å². The summed E-state index contributed by atoms with van der Waals surface area (Å²) in [6, 6.07) is 4.17. The molecule has 1 saturated carbocycles. The van der Waals surface area contributed by atoms with Gasteiger partial charge in [0.1, 0.15) is 0 Å². The van der Waals surface area contributed by atoms with Gasteiger partial charge in [-0.15, -0.1) is 13.7 Å². The van der Waals surface area contributed by atoms with E-state index in [4.69, 9.17) is 0 Å². The van der Waals surface area contributed by atoms with Gasteiger partial charge in [0, 0.05) is 0 Å². The molecule has 0 N–H and O–H groups in total. The van der Waals surface area contributed by atoms with E-state index in [1.54, 1.807) is 0 Å². The molecular weight excluding hydrogens is 227 g/mol. The van der Waals surface area contributed by atoms with Crippen LogP contribution in [0.3, 0.4) is 0 Å². The first kappa shape index (κ1) is 12.8. The van der Waals surface area contributed by atoms with Crippen LogP contribution in [0.25, 0.3) is 0 Å². The van der Waals surface area contributed by atoms with E-state index in [-0.39, 0.29) is 0 Å². The molecule has 0 radical (unpaired) electrons. The zero-order chi connectivity index (χ0) is 12.4. The van der Waals surface area contributed by atoms with Gasteiger partial charge >= 0.3 is 0 Å². The summed E-state index contributed by atoms with van der Waals surface area (Å²) in [4.78, 5) is 0. The van der Waals surface area contributed by atoms with Crippen molar-refractivity contribution < 1.29 is 5.11 Å². The lowest BCUT2D eigenvalue weighted by atomic mass is 9.99. The summed E-state index contributed by atoms with van der Waals surface area (Å²) in [5, 5.41) is 12.4. The second-order valence-electron chi connectivity index (χ2n) is 5.07. The predicted octanol–water partition coefficient (Wildman–Crippen LogP) is 3.34. The fourth-order valence-corrected chi connectivity index (χ4v) is 3.97. The molecule has 17 heavy (non-hydrogen) atoms. The molecule has 2 heteroatoms. The van der Waals surface area contributed by atoms with Crippen LogP contribution in [0.4, 0.5) is 0 Å². The molecule has 0 amide bonds. The fourth-order valence-electron chi connectivity index (χ4n) is 2.54. The zero-order valence-corrected chi connectivity index (χ0v) is 11.8. The van der Waals surface area contributed by atoms with Crippen molar-refractivity contribution in [2.45, 2.75) is 52.1 Å². The van der Waals surface area contributed by atoms with Crippen molar-refractivity contribution in [3.8, 4) is 0 Å². The second kappa shape index (κ2) is 5.33. The number of rotatable bonds is 2. The van der Waals surface area contributed by atoms with Crippen molar-refractivity contribution in [2.75, 3.05) is 0 Å². The maximum atomic E-state index is 12.4. The van der Waals surface area contributed by atoms with Crippen LogP contribution in [-0.2, 0) is 0 Å². The van der Waals surface area contributed by atoms with Gasteiger partial charge in [0.2, 0.25) is 0 Å². The molecule has 0 bridgehead atoms. The minimum absolute atomic E-state index is 0.329. The lowest BCUT2D eigenvalue weighted by molar-refractivity contribution is -0.207. The summed E-state index contributed by atoms with van der Waals surface area (Å²) < 4.78 is 0. The summed E-state index contributed by atoms with van der Waals surface area (Å²) in [5.41, 5.74) is 5.43. The molecule has 1 nitrogen and oxygen atoms in total. The highest BCUT2D eigenvalue weighted by Gasteiger charge is 2.13. The summed E-state index contributed by atoms with van der Waals surface area (Å²) in [7, 11) is 1.02. The fraction of sp³-hybridized carbons (Fsp3) is 0.533. The van der Waals surface area contributed by atoms with Gasteiger partial charge in [0.25, 0.3) is 0 Å². The normalized spacial score (nSPS) is 17.8. The molecule has 0 heterocycles. The Kier molecular flexibility index (Phi) is 4.01. The predicted molar refractivity (Wildman–Crippen MR) is 73.9 cm³/mol.